The van der Waals surface area contributed by atoms with Crippen molar-refractivity contribution >= 4 is 0 Å². The van der Waals surface area contributed by atoms with Crippen LogP contribution in [0.15, 0.2) is 0 Å². The van der Waals surface area contributed by atoms with E-state index in [1.807, 2.05) is 0 Å². The van der Waals surface area contributed by atoms with Gasteiger partial charge in [-0.15, -0.1) is 0 Å². The summed E-state index contributed by atoms with van der Waals surface area (Å²) in [7, 11) is 0. The van der Waals surface area contributed by atoms with E-state index in [1.165, 1.54) is 45.2 Å². The molecule has 2 rings (SSSR count). The van der Waals surface area contributed by atoms with Gasteiger partial charge in [0.2, 0.25) is 0 Å². The number of hydrogen-bond donors (Lipinski definition) is 1. The van der Waals surface area contributed by atoms with Crippen LogP contribution in [0.5, 0.6) is 0 Å². The smallest absolute Gasteiger partial charge is 0.00695 e. The predicted molar refractivity (Wildman–Crippen MR) is 69.3 cm³/mol. The van der Waals surface area contributed by atoms with Gasteiger partial charge in [-0.3, -0.25) is 0 Å². The minimum Gasteiger partial charge on any atom is -0.330 e. The minimum absolute atomic E-state index is 0.794. The van der Waals surface area contributed by atoms with Crippen LogP contribution in [0.25, 0.3) is 0 Å². The Morgan fingerprint density at radius 2 is 1.88 bits per heavy atom. The first kappa shape index (κ1) is 12.4. The van der Waals surface area contributed by atoms with E-state index in [2.05, 4.69) is 18.7 Å². The van der Waals surface area contributed by atoms with Gasteiger partial charge >= 0.3 is 0 Å². The Morgan fingerprint density at radius 1 is 1.12 bits per heavy atom. The Morgan fingerprint density at radius 3 is 2.56 bits per heavy atom. The summed E-state index contributed by atoms with van der Waals surface area (Å²) >= 11 is 0. The fraction of sp³-hybridized carbons (Fsp3) is 1.00. The first-order chi connectivity index (χ1) is 7.70. The summed E-state index contributed by atoms with van der Waals surface area (Å²) in [6, 6.07) is 0.794. The molecule has 0 bridgehead atoms. The van der Waals surface area contributed by atoms with Gasteiger partial charge in [0.05, 0.1) is 0 Å². The quantitative estimate of drug-likeness (QED) is 0.798. The van der Waals surface area contributed by atoms with Gasteiger partial charge in [-0.1, -0.05) is 13.3 Å². The summed E-state index contributed by atoms with van der Waals surface area (Å²) in [4.78, 5) is 2.72. The molecule has 16 heavy (non-hydrogen) atoms. The van der Waals surface area contributed by atoms with Crippen LogP contribution in [0, 0.1) is 17.8 Å². The van der Waals surface area contributed by atoms with Gasteiger partial charge in [-0.25, -0.2) is 0 Å². The SMILES string of the molecule is CC1CCN(CC2CCCC2CN)C(C)C1. The zero-order valence-electron chi connectivity index (χ0n) is 11.0. The van der Waals surface area contributed by atoms with Gasteiger partial charge < -0.3 is 10.6 Å². The van der Waals surface area contributed by atoms with E-state index in [4.69, 9.17) is 5.73 Å². The number of likely N-dealkylation sites (tertiary alicyclic amines) is 1. The second-order valence-electron chi connectivity index (χ2n) is 6.16. The molecule has 2 N–H and O–H groups in total. The number of nitrogens with zero attached hydrogens (tertiary/aromatic N) is 1. The Labute approximate surface area is 101 Å². The molecule has 1 saturated carbocycles. The average Bonchev–Trinajstić information content (AvgIpc) is 2.69. The Hall–Kier alpha value is -0.0800. The second-order valence-corrected chi connectivity index (χ2v) is 6.16. The maximum atomic E-state index is 5.87. The standard InChI is InChI=1S/C14H28N2/c1-11-6-7-16(12(2)8-11)10-14-5-3-4-13(14)9-15/h11-14H,3-10,15H2,1-2H3. The minimum atomic E-state index is 0.794. The van der Waals surface area contributed by atoms with Gasteiger partial charge in [-0.05, 0) is 63.5 Å². The lowest BCUT2D eigenvalue weighted by molar-refractivity contribution is 0.101. The third-order valence-electron chi connectivity index (χ3n) is 4.86. The molecule has 1 heterocycles. The second kappa shape index (κ2) is 5.50. The Bertz CT molecular complexity index is 217. The molecule has 2 aliphatic rings. The lowest BCUT2D eigenvalue weighted by Crippen LogP contribution is -2.43. The number of piperidine rings is 1. The third-order valence-corrected chi connectivity index (χ3v) is 4.86. The van der Waals surface area contributed by atoms with E-state index in [-0.39, 0.29) is 0 Å². The highest BCUT2D eigenvalue weighted by Crippen LogP contribution is 2.33. The zero-order valence-corrected chi connectivity index (χ0v) is 11.0. The van der Waals surface area contributed by atoms with Crippen LogP contribution in [-0.4, -0.2) is 30.6 Å². The van der Waals surface area contributed by atoms with E-state index in [0.717, 1.165) is 30.3 Å². The Kier molecular flexibility index (Phi) is 4.26. The van der Waals surface area contributed by atoms with E-state index < -0.39 is 0 Å². The lowest BCUT2D eigenvalue weighted by atomic mass is 9.90. The van der Waals surface area contributed by atoms with Crippen molar-refractivity contribution < 1.29 is 0 Å². The molecule has 0 aromatic rings. The number of rotatable bonds is 3. The Balaban J connectivity index is 1.84. The van der Waals surface area contributed by atoms with Gasteiger partial charge in [0.15, 0.2) is 0 Å². The van der Waals surface area contributed by atoms with Crippen molar-refractivity contribution in [1.29, 1.82) is 0 Å². The van der Waals surface area contributed by atoms with Gasteiger partial charge in [0, 0.05) is 12.6 Å². The molecule has 0 amide bonds. The highest BCUT2D eigenvalue weighted by atomic mass is 15.2. The van der Waals surface area contributed by atoms with Crippen molar-refractivity contribution in [3.63, 3.8) is 0 Å². The fourth-order valence-electron chi connectivity index (χ4n) is 3.69. The van der Waals surface area contributed by atoms with E-state index in [0.29, 0.717) is 0 Å². The van der Waals surface area contributed by atoms with Gasteiger partial charge in [0.1, 0.15) is 0 Å². The molecule has 0 aromatic carbocycles. The zero-order chi connectivity index (χ0) is 11.5. The van der Waals surface area contributed by atoms with Crippen molar-refractivity contribution in [2.45, 2.75) is 52.0 Å². The summed E-state index contributed by atoms with van der Waals surface area (Å²) in [6.07, 6.45) is 6.98. The summed E-state index contributed by atoms with van der Waals surface area (Å²) in [5.41, 5.74) is 5.87. The van der Waals surface area contributed by atoms with Crippen LogP contribution in [0.4, 0.5) is 0 Å². The molecule has 4 atom stereocenters. The van der Waals surface area contributed by atoms with E-state index in [1.54, 1.807) is 0 Å². The van der Waals surface area contributed by atoms with Gasteiger partial charge in [0.25, 0.3) is 0 Å². The first-order valence-corrected chi connectivity index (χ1v) is 7.14. The van der Waals surface area contributed by atoms with E-state index in [9.17, 15) is 0 Å². The van der Waals surface area contributed by atoms with Crippen molar-refractivity contribution in [1.82, 2.24) is 4.90 Å². The van der Waals surface area contributed by atoms with Crippen LogP contribution in [0.2, 0.25) is 0 Å². The van der Waals surface area contributed by atoms with Crippen LogP contribution in [-0.2, 0) is 0 Å². The topological polar surface area (TPSA) is 29.3 Å². The normalized spacial score (nSPS) is 41.4. The lowest BCUT2D eigenvalue weighted by Gasteiger charge is -2.38. The molecule has 2 heteroatoms. The van der Waals surface area contributed by atoms with E-state index >= 15 is 0 Å². The molecule has 94 valence electrons. The van der Waals surface area contributed by atoms with Crippen LogP contribution in [0.3, 0.4) is 0 Å². The number of nitrogens with two attached hydrogens (primary N) is 1. The van der Waals surface area contributed by atoms with Crippen molar-refractivity contribution in [3.05, 3.63) is 0 Å². The number of hydrogen-bond acceptors (Lipinski definition) is 2. The van der Waals surface area contributed by atoms with Crippen molar-refractivity contribution in [2.24, 2.45) is 23.5 Å². The predicted octanol–water partition coefficient (Wildman–Crippen LogP) is 2.48. The fourth-order valence-corrected chi connectivity index (χ4v) is 3.69. The maximum Gasteiger partial charge on any atom is 0.00695 e. The molecule has 4 unspecified atom stereocenters. The molecule has 2 fully saturated rings. The van der Waals surface area contributed by atoms with Crippen molar-refractivity contribution in [3.8, 4) is 0 Å². The highest BCUT2D eigenvalue weighted by molar-refractivity contribution is 4.84. The molecule has 0 radical (unpaired) electrons. The molecule has 0 aromatic heterocycles. The molecular formula is C14H28N2. The maximum absolute atomic E-state index is 5.87. The monoisotopic (exact) mass is 224 g/mol. The molecule has 2 nitrogen and oxygen atoms in total. The van der Waals surface area contributed by atoms with Crippen LogP contribution >= 0.6 is 0 Å². The average molecular weight is 224 g/mol. The molecule has 1 aliphatic heterocycles. The first-order valence-electron chi connectivity index (χ1n) is 7.14. The summed E-state index contributed by atoms with van der Waals surface area (Å²) in [6.45, 7) is 8.34. The van der Waals surface area contributed by atoms with Crippen LogP contribution in [0.1, 0.15) is 46.0 Å². The molecule has 1 saturated heterocycles. The largest absolute Gasteiger partial charge is 0.330 e. The molecule has 1 aliphatic carbocycles. The van der Waals surface area contributed by atoms with Gasteiger partial charge in [-0.2, -0.15) is 0 Å². The van der Waals surface area contributed by atoms with Crippen LogP contribution < -0.4 is 5.73 Å². The molecular weight excluding hydrogens is 196 g/mol. The van der Waals surface area contributed by atoms with Crippen molar-refractivity contribution in [2.75, 3.05) is 19.6 Å². The summed E-state index contributed by atoms with van der Waals surface area (Å²) < 4.78 is 0. The molecule has 0 spiro atoms. The highest BCUT2D eigenvalue weighted by Gasteiger charge is 2.30. The third kappa shape index (κ3) is 2.78. The summed E-state index contributed by atoms with van der Waals surface area (Å²) in [5, 5.41) is 0. The summed E-state index contributed by atoms with van der Waals surface area (Å²) in [5.74, 6) is 2.63.